The highest BCUT2D eigenvalue weighted by molar-refractivity contribution is 5.18. The summed E-state index contributed by atoms with van der Waals surface area (Å²) in [6.07, 6.45) is 2.40. The number of nitrogens with zero attached hydrogens (tertiary/aromatic N) is 3. The molecule has 1 aromatic heterocycles. The van der Waals surface area contributed by atoms with E-state index >= 15 is 0 Å². The van der Waals surface area contributed by atoms with Gasteiger partial charge in [0.25, 0.3) is 0 Å². The lowest BCUT2D eigenvalue weighted by atomic mass is 9.91. The molecular formula is C11H15N3O2. The number of aliphatic hydroxyl groups is 1. The Hall–Kier alpha value is -1.51. The molecule has 86 valence electrons. The Labute approximate surface area is 94.7 Å². The molecule has 0 aliphatic rings. The van der Waals surface area contributed by atoms with Crippen molar-refractivity contribution in [1.29, 1.82) is 5.26 Å². The second kappa shape index (κ2) is 5.54. The van der Waals surface area contributed by atoms with Crippen molar-refractivity contribution in [1.82, 2.24) is 9.97 Å². The number of aromatic nitrogens is 2. The fraction of sp³-hybridized carbons (Fsp3) is 0.545. The molecule has 0 saturated heterocycles. The molecule has 0 spiro atoms. The number of rotatable bonds is 4. The van der Waals surface area contributed by atoms with Crippen molar-refractivity contribution >= 4 is 0 Å². The molecule has 1 heterocycles. The lowest BCUT2D eigenvalue weighted by molar-refractivity contribution is 0.0390. The number of methoxy groups -OCH3 is 1. The first-order chi connectivity index (χ1) is 7.60. The van der Waals surface area contributed by atoms with Crippen LogP contribution in [0, 0.1) is 11.3 Å². The van der Waals surface area contributed by atoms with Gasteiger partial charge in [-0.1, -0.05) is 0 Å². The van der Waals surface area contributed by atoms with Gasteiger partial charge in [0.15, 0.2) is 0 Å². The summed E-state index contributed by atoms with van der Waals surface area (Å²) in [5.74, 6) is -0.0732. The molecule has 5 nitrogen and oxygen atoms in total. The van der Waals surface area contributed by atoms with Gasteiger partial charge in [-0.2, -0.15) is 5.26 Å². The van der Waals surface area contributed by atoms with Crippen molar-refractivity contribution in [3.05, 3.63) is 23.8 Å². The maximum atomic E-state index is 9.69. The van der Waals surface area contributed by atoms with Crippen LogP contribution >= 0.6 is 0 Å². The molecule has 0 aliphatic carbocycles. The highest BCUT2D eigenvalue weighted by Gasteiger charge is 2.24. The van der Waals surface area contributed by atoms with Crippen molar-refractivity contribution in [3.63, 3.8) is 0 Å². The molecular weight excluding hydrogens is 206 g/mol. The Kier molecular flexibility index (Phi) is 4.35. The lowest BCUT2D eigenvalue weighted by Crippen LogP contribution is -2.27. The quantitative estimate of drug-likeness (QED) is 0.815. The number of aliphatic hydroxyl groups excluding tert-OH is 1. The van der Waals surface area contributed by atoms with Gasteiger partial charge in [-0.15, -0.1) is 0 Å². The van der Waals surface area contributed by atoms with Crippen molar-refractivity contribution in [2.75, 3.05) is 7.11 Å². The van der Waals surface area contributed by atoms with Crippen molar-refractivity contribution < 1.29 is 9.84 Å². The second-order valence-electron chi connectivity index (χ2n) is 3.66. The van der Waals surface area contributed by atoms with E-state index in [0.29, 0.717) is 0 Å². The molecule has 1 N–H and O–H groups in total. The second-order valence-corrected chi connectivity index (χ2v) is 3.66. The molecule has 1 rings (SSSR count). The third kappa shape index (κ3) is 2.75. The number of ether oxygens (including phenoxy) is 1. The number of nitriles is 1. The Morgan fingerprint density at radius 2 is 1.94 bits per heavy atom. The summed E-state index contributed by atoms with van der Waals surface area (Å²) in [5, 5.41) is 18.3. The topological polar surface area (TPSA) is 79.0 Å². The van der Waals surface area contributed by atoms with Crippen LogP contribution in [0.5, 0.6) is 0 Å². The summed E-state index contributed by atoms with van der Waals surface area (Å²) in [6, 6.07) is 1.85. The van der Waals surface area contributed by atoms with E-state index in [4.69, 9.17) is 10.00 Å². The first-order valence-corrected chi connectivity index (χ1v) is 5.03. The molecule has 1 aromatic rings. The van der Waals surface area contributed by atoms with Gasteiger partial charge in [0.1, 0.15) is 6.07 Å². The molecule has 3 unspecified atom stereocenters. The molecule has 0 bridgehead atoms. The minimum absolute atomic E-state index is 0.123. The van der Waals surface area contributed by atoms with Gasteiger partial charge in [0, 0.05) is 25.4 Å². The van der Waals surface area contributed by atoms with Crippen molar-refractivity contribution in [3.8, 4) is 6.07 Å². The normalized spacial score (nSPS) is 16.2. The van der Waals surface area contributed by atoms with Gasteiger partial charge in [0.2, 0.25) is 5.82 Å². The zero-order chi connectivity index (χ0) is 12.1. The van der Waals surface area contributed by atoms with E-state index in [0.717, 1.165) is 5.56 Å². The highest BCUT2D eigenvalue weighted by Crippen LogP contribution is 2.24. The SMILES string of the molecule is COC(C)C(c1cnc(C#N)nc1)C(C)O. The highest BCUT2D eigenvalue weighted by atomic mass is 16.5. The zero-order valence-corrected chi connectivity index (χ0v) is 9.58. The van der Waals surface area contributed by atoms with Gasteiger partial charge in [-0.3, -0.25) is 0 Å². The van der Waals surface area contributed by atoms with Crippen LogP contribution in [0.25, 0.3) is 0 Å². The van der Waals surface area contributed by atoms with Gasteiger partial charge < -0.3 is 9.84 Å². The van der Waals surface area contributed by atoms with E-state index in [-0.39, 0.29) is 17.8 Å². The summed E-state index contributed by atoms with van der Waals surface area (Å²) in [5.41, 5.74) is 0.767. The summed E-state index contributed by atoms with van der Waals surface area (Å²) >= 11 is 0. The third-order valence-electron chi connectivity index (χ3n) is 2.55. The molecule has 0 radical (unpaired) electrons. The minimum atomic E-state index is -0.563. The van der Waals surface area contributed by atoms with Crippen LogP contribution in [0.2, 0.25) is 0 Å². The molecule has 0 fully saturated rings. The summed E-state index contributed by atoms with van der Waals surface area (Å²) in [4.78, 5) is 7.76. The van der Waals surface area contributed by atoms with Crippen LogP contribution in [-0.2, 0) is 4.74 Å². The Morgan fingerprint density at radius 3 is 2.31 bits per heavy atom. The molecule has 0 saturated carbocycles. The molecule has 0 aliphatic heterocycles. The largest absolute Gasteiger partial charge is 0.393 e. The van der Waals surface area contributed by atoms with E-state index in [2.05, 4.69) is 9.97 Å². The number of hydrogen-bond donors (Lipinski definition) is 1. The van der Waals surface area contributed by atoms with Gasteiger partial charge in [-0.25, -0.2) is 9.97 Å². The van der Waals surface area contributed by atoms with E-state index in [1.165, 1.54) is 0 Å². The summed E-state index contributed by atoms with van der Waals surface area (Å²) in [6.45, 7) is 3.56. The predicted molar refractivity (Wildman–Crippen MR) is 57.6 cm³/mol. The standard InChI is InChI=1S/C11H15N3O2/c1-7(15)11(8(2)16-3)9-5-13-10(4-12)14-6-9/h5-8,11,15H,1-3H3. The van der Waals surface area contributed by atoms with Gasteiger partial charge in [-0.05, 0) is 19.4 Å². The van der Waals surface area contributed by atoms with Crippen LogP contribution in [-0.4, -0.2) is 34.4 Å². The number of hydrogen-bond acceptors (Lipinski definition) is 5. The summed E-state index contributed by atoms with van der Waals surface area (Å²) in [7, 11) is 1.59. The average molecular weight is 221 g/mol. The average Bonchev–Trinajstić information content (AvgIpc) is 2.29. The van der Waals surface area contributed by atoms with E-state index in [1.54, 1.807) is 26.4 Å². The van der Waals surface area contributed by atoms with Crippen LogP contribution in [0.15, 0.2) is 12.4 Å². The van der Waals surface area contributed by atoms with Gasteiger partial charge in [0.05, 0.1) is 12.2 Å². The maximum Gasteiger partial charge on any atom is 0.232 e. The third-order valence-corrected chi connectivity index (χ3v) is 2.55. The van der Waals surface area contributed by atoms with E-state index in [1.807, 2.05) is 13.0 Å². The monoisotopic (exact) mass is 221 g/mol. The van der Waals surface area contributed by atoms with Crippen molar-refractivity contribution in [2.45, 2.75) is 32.0 Å². The fourth-order valence-corrected chi connectivity index (χ4v) is 1.66. The van der Waals surface area contributed by atoms with Gasteiger partial charge >= 0.3 is 0 Å². The van der Waals surface area contributed by atoms with Crippen LogP contribution < -0.4 is 0 Å². The first-order valence-electron chi connectivity index (χ1n) is 5.03. The Bertz CT molecular complexity index is 370. The Balaban J connectivity index is 2.98. The van der Waals surface area contributed by atoms with Crippen LogP contribution in [0.3, 0.4) is 0 Å². The summed E-state index contributed by atoms with van der Waals surface area (Å²) < 4.78 is 5.20. The fourth-order valence-electron chi connectivity index (χ4n) is 1.66. The molecule has 5 heteroatoms. The first kappa shape index (κ1) is 12.6. The van der Waals surface area contributed by atoms with Crippen LogP contribution in [0.4, 0.5) is 0 Å². The smallest absolute Gasteiger partial charge is 0.232 e. The molecule has 16 heavy (non-hydrogen) atoms. The Morgan fingerprint density at radius 1 is 1.38 bits per heavy atom. The van der Waals surface area contributed by atoms with Crippen LogP contribution in [0.1, 0.15) is 31.2 Å². The maximum absolute atomic E-state index is 9.69. The minimum Gasteiger partial charge on any atom is -0.393 e. The molecule has 3 atom stereocenters. The predicted octanol–water partition coefficient (Wildman–Crippen LogP) is 0.848. The van der Waals surface area contributed by atoms with E-state index < -0.39 is 6.10 Å². The zero-order valence-electron chi connectivity index (χ0n) is 9.58. The lowest BCUT2D eigenvalue weighted by Gasteiger charge is -2.25. The van der Waals surface area contributed by atoms with Crippen molar-refractivity contribution in [2.24, 2.45) is 0 Å². The molecule has 0 amide bonds. The molecule has 0 aromatic carbocycles. The van der Waals surface area contributed by atoms with E-state index in [9.17, 15) is 5.11 Å².